The predicted molar refractivity (Wildman–Crippen MR) is 79.5 cm³/mol. The molecule has 1 heterocycles. The topological polar surface area (TPSA) is 67.6 Å². The minimum Gasteiger partial charge on any atom is -0.495 e. The fourth-order valence-corrected chi connectivity index (χ4v) is 2.39. The number of carbonyl (C=O) groups is 1. The van der Waals surface area contributed by atoms with Crippen LogP contribution in [-0.2, 0) is 4.79 Å². The molecular formula is C15H15N3O2. The van der Waals surface area contributed by atoms with Crippen LogP contribution in [0.25, 0.3) is 0 Å². The van der Waals surface area contributed by atoms with Crippen molar-refractivity contribution in [1.29, 1.82) is 0 Å². The minimum absolute atomic E-state index is 0.0640. The highest BCUT2D eigenvalue weighted by atomic mass is 16.5. The Morgan fingerprint density at radius 1 is 1.15 bits per heavy atom. The van der Waals surface area contributed by atoms with Crippen LogP contribution in [0.15, 0.2) is 42.5 Å². The fourth-order valence-electron chi connectivity index (χ4n) is 2.39. The maximum absolute atomic E-state index is 11.9. The van der Waals surface area contributed by atoms with Crippen molar-refractivity contribution in [3.8, 4) is 5.75 Å². The molecule has 102 valence electrons. The molecule has 1 aliphatic rings. The van der Waals surface area contributed by atoms with Gasteiger partial charge in [0.2, 0.25) is 5.91 Å². The number of para-hydroxylation sites is 3. The van der Waals surface area contributed by atoms with Gasteiger partial charge in [-0.1, -0.05) is 18.2 Å². The molecule has 20 heavy (non-hydrogen) atoms. The van der Waals surface area contributed by atoms with E-state index in [1.807, 2.05) is 41.3 Å². The number of rotatable bonds is 2. The highest BCUT2D eigenvalue weighted by molar-refractivity contribution is 6.04. The first kappa shape index (κ1) is 12.3. The molecule has 1 aliphatic heterocycles. The first-order chi connectivity index (χ1) is 9.70. The van der Waals surface area contributed by atoms with Gasteiger partial charge in [-0.05, 0) is 24.3 Å². The number of methoxy groups -OCH3 is 1. The fraction of sp³-hybridized carbons (Fsp3) is 0.133. The number of nitrogens with two attached hydrogens (primary N) is 1. The van der Waals surface area contributed by atoms with E-state index >= 15 is 0 Å². The molecule has 1 amide bonds. The summed E-state index contributed by atoms with van der Waals surface area (Å²) in [7, 11) is 1.58. The number of carbonyl (C=O) groups excluding carboxylic acids is 1. The average molecular weight is 269 g/mol. The molecule has 0 unspecified atom stereocenters. The molecule has 0 atom stereocenters. The van der Waals surface area contributed by atoms with E-state index in [0.717, 1.165) is 17.1 Å². The van der Waals surface area contributed by atoms with Gasteiger partial charge in [0, 0.05) is 0 Å². The Morgan fingerprint density at radius 2 is 1.90 bits per heavy atom. The largest absolute Gasteiger partial charge is 0.495 e. The standard InChI is InChI=1S/C15H15N3O2/c1-20-13-8-4-7-12(15(13)16)18-9-14(19)17-10-5-2-3-6-11(10)18/h2-8H,9,16H2,1H3,(H,17,19). The lowest BCUT2D eigenvalue weighted by molar-refractivity contribution is -0.115. The van der Waals surface area contributed by atoms with Gasteiger partial charge >= 0.3 is 0 Å². The van der Waals surface area contributed by atoms with Crippen LogP contribution in [0.1, 0.15) is 0 Å². The van der Waals surface area contributed by atoms with Crippen LogP contribution < -0.4 is 20.7 Å². The summed E-state index contributed by atoms with van der Waals surface area (Å²) in [4.78, 5) is 13.7. The summed E-state index contributed by atoms with van der Waals surface area (Å²) in [5, 5.41) is 2.86. The third kappa shape index (κ3) is 1.93. The minimum atomic E-state index is -0.0640. The van der Waals surface area contributed by atoms with E-state index in [2.05, 4.69) is 5.32 Å². The van der Waals surface area contributed by atoms with Gasteiger partial charge in [0.05, 0.1) is 29.9 Å². The maximum atomic E-state index is 11.9. The Kier molecular flexibility index (Phi) is 2.95. The Labute approximate surface area is 117 Å². The predicted octanol–water partition coefficient (Wildman–Crippen LogP) is 2.37. The van der Waals surface area contributed by atoms with Crippen molar-refractivity contribution >= 4 is 28.7 Å². The van der Waals surface area contributed by atoms with Crippen LogP contribution in [0.2, 0.25) is 0 Å². The first-order valence-corrected chi connectivity index (χ1v) is 6.29. The number of anilines is 4. The van der Waals surface area contributed by atoms with E-state index in [1.54, 1.807) is 13.2 Å². The molecule has 3 rings (SSSR count). The molecule has 5 nitrogen and oxygen atoms in total. The van der Waals surface area contributed by atoms with Crippen LogP contribution in [0.5, 0.6) is 5.75 Å². The second kappa shape index (κ2) is 4.77. The van der Waals surface area contributed by atoms with E-state index in [0.29, 0.717) is 11.4 Å². The Morgan fingerprint density at radius 3 is 2.70 bits per heavy atom. The Balaban J connectivity index is 2.13. The molecule has 0 bridgehead atoms. The van der Waals surface area contributed by atoms with E-state index < -0.39 is 0 Å². The van der Waals surface area contributed by atoms with Crippen molar-refractivity contribution in [2.24, 2.45) is 0 Å². The number of benzene rings is 2. The zero-order valence-electron chi connectivity index (χ0n) is 11.1. The van der Waals surface area contributed by atoms with Crippen molar-refractivity contribution in [3.63, 3.8) is 0 Å². The second-order valence-corrected chi connectivity index (χ2v) is 4.54. The SMILES string of the molecule is COc1cccc(N2CC(=O)Nc3ccccc32)c1N. The van der Waals surface area contributed by atoms with Crippen LogP contribution in [0.4, 0.5) is 22.7 Å². The van der Waals surface area contributed by atoms with Gasteiger partial charge in [-0.15, -0.1) is 0 Å². The van der Waals surface area contributed by atoms with Crippen LogP contribution in [0, 0.1) is 0 Å². The first-order valence-electron chi connectivity index (χ1n) is 6.29. The van der Waals surface area contributed by atoms with Crippen molar-refractivity contribution in [2.45, 2.75) is 0 Å². The summed E-state index contributed by atoms with van der Waals surface area (Å²) in [6, 6.07) is 13.2. The van der Waals surface area contributed by atoms with Crippen molar-refractivity contribution < 1.29 is 9.53 Å². The number of hydrogen-bond acceptors (Lipinski definition) is 4. The lowest BCUT2D eigenvalue weighted by Crippen LogP contribution is -2.35. The normalized spacial score (nSPS) is 13.7. The van der Waals surface area contributed by atoms with Crippen molar-refractivity contribution in [1.82, 2.24) is 0 Å². The summed E-state index contributed by atoms with van der Waals surface area (Å²) in [6.07, 6.45) is 0. The molecule has 3 N–H and O–H groups in total. The van der Waals surface area contributed by atoms with E-state index in [4.69, 9.17) is 10.5 Å². The van der Waals surface area contributed by atoms with Gasteiger partial charge in [0.15, 0.2) is 0 Å². The molecule has 2 aromatic rings. The number of hydrogen-bond donors (Lipinski definition) is 2. The molecule has 0 spiro atoms. The molecule has 0 saturated heterocycles. The van der Waals surface area contributed by atoms with Gasteiger partial charge in [-0.2, -0.15) is 0 Å². The lowest BCUT2D eigenvalue weighted by Gasteiger charge is -2.31. The van der Waals surface area contributed by atoms with Crippen LogP contribution >= 0.6 is 0 Å². The van der Waals surface area contributed by atoms with E-state index in [9.17, 15) is 4.79 Å². The summed E-state index contributed by atoms with van der Waals surface area (Å²) in [5.74, 6) is 0.539. The van der Waals surface area contributed by atoms with Crippen molar-refractivity contribution in [2.75, 3.05) is 29.6 Å². The van der Waals surface area contributed by atoms with E-state index in [1.165, 1.54) is 0 Å². The van der Waals surface area contributed by atoms with Crippen molar-refractivity contribution in [3.05, 3.63) is 42.5 Å². The van der Waals surface area contributed by atoms with Gasteiger partial charge < -0.3 is 20.7 Å². The van der Waals surface area contributed by atoms with Gasteiger partial charge in [-0.3, -0.25) is 4.79 Å². The number of nitrogens with one attached hydrogen (secondary N) is 1. The molecule has 0 fully saturated rings. The number of ether oxygens (including phenoxy) is 1. The molecular weight excluding hydrogens is 254 g/mol. The third-order valence-electron chi connectivity index (χ3n) is 3.32. The molecule has 0 aromatic heterocycles. The maximum Gasteiger partial charge on any atom is 0.244 e. The van der Waals surface area contributed by atoms with Gasteiger partial charge in [0.1, 0.15) is 12.3 Å². The summed E-state index contributed by atoms with van der Waals surface area (Å²) < 4.78 is 5.24. The smallest absolute Gasteiger partial charge is 0.244 e. The monoisotopic (exact) mass is 269 g/mol. The Bertz CT molecular complexity index is 670. The third-order valence-corrected chi connectivity index (χ3v) is 3.32. The zero-order valence-corrected chi connectivity index (χ0v) is 11.1. The summed E-state index contributed by atoms with van der Waals surface area (Å²) in [5.41, 5.74) is 9.13. The lowest BCUT2D eigenvalue weighted by atomic mass is 10.1. The Hall–Kier alpha value is -2.69. The molecule has 0 aliphatic carbocycles. The van der Waals surface area contributed by atoms with Crippen LogP contribution in [0.3, 0.4) is 0 Å². The summed E-state index contributed by atoms with van der Waals surface area (Å²) in [6.45, 7) is 0.231. The van der Waals surface area contributed by atoms with Crippen LogP contribution in [-0.4, -0.2) is 19.6 Å². The second-order valence-electron chi connectivity index (χ2n) is 4.54. The average Bonchev–Trinajstić information content (AvgIpc) is 2.46. The number of nitrogen functional groups attached to an aromatic ring is 1. The van der Waals surface area contributed by atoms with Gasteiger partial charge in [-0.25, -0.2) is 0 Å². The summed E-state index contributed by atoms with van der Waals surface area (Å²) >= 11 is 0. The zero-order chi connectivity index (χ0) is 14.1. The molecule has 0 radical (unpaired) electrons. The quantitative estimate of drug-likeness (QED) is 0.821. The number of fused-ring (bicyclic) bond motifs is 1. The number of nitrogens with zero attached hydrogens (tertiary/aromatic N) is 1. The van der Waals surface area contributed by atoms with Gasteiger partial charge in [0.25, 0.3) is 0 Å². The molecule has 2 aromatic carbocycles. The molecule has 5 heteroatoms. The molecule has 0 saturated carbocycles. The number of amides is 1. The highest BCUT2D eigenvalue weighted by Gasteiger charge is 2.24. The highest BCUT2D eigenvalue weighted by Crippen LogP contribution is 2.40. The van der Waals surface area contributed by atoms with E-state index in [-0.39, 0.29) is 12.5 Å².